The Hall–Kier alpha value is -0.790. The molecule has 0 heterocycles. The van der Waals surface area contributed by atoms with Gasteiger partial charge in [0, 0.05) is 5.57 Å². The van der Waals surface area contributed by atoms with Gasteiger partial charge in [-0.3, -0.25) is 0 Å². The second kappa shape index (κ2) is 4.40. The van der Waals surface area contributed by atoms with Crippen LogP contribution < -0.4 is 0 Å². The molecule has 0 aromatic heterocycles. The number of fused-ring (bicyclic) bond motifs is 2. The van der Waals surface area contributed by atoms with Crippen LogP contribution in [0.2, 0.25) is 0 Å². The molecule has 0 aliphatic heterocycles. The highest BCUT2D eigenvalue weighted by molar-refractivity contribution is 5.87. The molecule has 2 fully saturated rings. The molecule has 2 aliphatic rings. The van der Waals surface area contributed by atoms with Gasteiger partial charge in [-0.2, -0.15) is 0 Å². The second-order valence-corrected chi connectivity index (χ2v) is 7.37. The average molecular weight is 250 g/mol. The summed E-state index contributed by atoms with van der Waals surface area (Å²) in [6.07, 6.45) is 5.61. The summed E-state index contributed by atoms with van der Waals surface area (Å²) in [7, 11) is 0. The first kappa shape index (κ1) is 13.6. The van der Waals surface area contributed by atoms with Gasteiger partial charge in [0.25, 0.3) is 0 Å². The summed E-state index contributed by atoms with van der Waals surface area (Å²) in [4.78, 5) is 11.9. The lowest BCUT2D eigenvalue weighted by Gasteiger charge is -2.54. The van der Waals surface area contributed by atoms with E-state index < -0.39 is 0 Å². The lowest BCUT2D eigenvalue weighted by atomic mass is 9.55. The molecule has 2 nitrogen and oxygen atoms in total. The van der Waals surface area contributed by atoms with Gasteiger partial charge in [-0.05, 0) is 56.3 Å². The van der Waals surface area contributed by atoms with E-state index in [4.69, 9.17) is 4.74 Å². The first-order valence-electron chi connectivity index (χ1n) is 7.12. The summed E-state index contributed by atoms with van der Waals surface area (Å²) >= 11 is 0. The standard InChI is InChI=1S/C16H26O2/c1-11(2)14(17)18-16-8-12(3)6-15(5,10-16)7-13(4)9-16/h12-13H,1,6-10H2,2-5H3. The largest absolute Gasteiger partial charge is 0.456 e. The molecule has 0 aromatic carbocycles. The molecule has 0 saturated heterocycles. The van der Waals surface area contributed by atoms with Crippen LogP contribution in [0.5, 0.6) is 0 Å². The predicted octanol–water partition coefficient (Wildman–Crippen LogP) is 4.10. The van der Waals surface area contributed by atoms with Gasteiger partial charge in [0.15, 0.2) is 0 Å². The fourth-order valence-corrected chi connectivity index (χ4v) is 4.73. The van der Waals surface area contributed by atoms with Crippen LogP contribution in [0.15, 0.2) is 12.2 Å². The number of carbonyl (C=O) groups excluding carboxylic acids is 1. The highest BCUT2D eigenvalue weighted by atomic mass is 16.6. The SMILES string of the molecule is C=C(C)C(=O)OC12CC(C)CC(C)(CC(C)C1)C2. The molecule has 2 rings (SSSR count). The van der Waals surface area contributed by atoms with Crippen LogP contribution in [0.25, 0.3) is 0 Å². The van der Waals surface area contributed by atoms with Crippen LogP contribution in [-0.2, 0) is 9.53 Å². The van der Waals surface area contributed by atoms with Gasteiger partial charge in [0.05, 0.1) is 0 Å². The molecule has 2 atom stereocenters. The van der Waals surface area contributed by atoms with E-state index in [1.807, 2.05) is 0 Å². The summed E-state index contributed by atoms with van der Waals surface area (Å²) in [5.41, 5.74) is 0.646. The third-order valence-corrected chi connectivity index (χ3v) is 4.53. The van der Waals surface area contributed by atoms with Gasteiger partial charge in [0.1, 0.15) is 5.60 Å². The molecule has 2 bridgehead atoms. The maximum Gasteiger partial charge on any atom is 0.333 e. The van der Waals surface area contributed by atoms with Crippen molar-refractivity contribution >= 4 is 5.97 Å². The molecule has 0 spiro atoms. The molecule has 0 N–H and O–H groups in total. The molecule has 0 radical (unpaired) electrons. The normalized spacial score (nSPS) is 43.3. The van der Waals surface area contributed by atoms with Crippen LogP contribution in [0.1, 0.15) is 59.8 Å². The molecular formula is C16H26O2. The summed E-state index contributed by atoms with van der Waals surface area (Å²) in [6, 6.07) is 0. The topological polar surface area (TPSA) is 26.3 Å². The van der Waals surface area contributed by atoms with Crippen molar-refractivity contribution in [1.82, 2.24) is 0 Å². The summed E-state index contributed by atoms with van der Waals surface area (Å²) in [6.45, 7) is 12.4. The number of ether oxygens (including phenoxy) is 1. The third-order valence-electron chi connectivity index (χ3n) is 4.53. The van der Waals surface area contributed by atoms with Crippen molar-refractivity contribution in [3.05, 3.63) is 12.2 Å². The van der Waals surface area contributed by atoms with Gasteiger partial charge in [-0.25, -0.2) is 4.79 Å². The van der Waals surface area contributed by atoms with Crippen molar-refractivity contribution in [3.63, 3.8) is 0 Å². The number of esters is 1. The van der Waals surface area contributed by atoms with Crippen molar-refractivity contribution in [3.8, 4) is 0 Å². The van der Waals surface area contributed by atoms with E-state index in [1.54, 1.807) is 6.92 Å². The van der Waals surface area contributed by atoms with E-state index in [2.05, 4.69) is 27.4 Å². The Bertz CT molecular complexity index is 355. The van der Waals surface area contributed by atoms with Gasteiger partial charge in [-0.15, -0.1) is 0 Å². The monoisotopic (exact) mass is 250 g/mol. The Kier molecular flexibility index (Phi) is 3.33. The van der Waals surface area contributed by atoms with Crippen LogP contribution in [0.3, 0.4) is 0 Å². The second-order valence-electron chi connectivity index (χ2n) is 7.37. The van der Waals surface area contributed by atoms with E-state index in [0.717, 1.165) is 19.3 Å². The minimum Gasteiger partial charge on any atom is -0.456 e. The Morgan fingerprint density at radius 2 is 1.67 bits per heavy atom. The van der Waals surface area contributed by atoms with Crippen LogP contribution in [0.4, 0.5) is 0 Å². The average Bonchev–Trinajstić information content (AvgIpc) is 2.11. The van der Waals surface area contributed by atoms with Gasteiger partial charge >= 0.3 is 5.97 Å². The van der Waals surface area contributed by atoms with Crippen LogP contribution in [0, 0.1) is 17.3 Å². The molecular weight excluding hydrogens is 224 g/mol. The van der Waals surface area contributed by atoms with E-state index in [0.29, 0.717) is 22.8 Å². The van der Waals surface area contributed by atoms with Crippen molar-refractivity contribution in [2.75, 3.05) is 0 Å². The molecule has 0 amide bonds. The van der Waals surface area contributed by atoms with E-state index >= 15 is 0 Å². The maximum absolute atomic E-state index is 11.9. The molecule has 2 aliphatic carbocycles. The molecule has 2 unspecified atom stereocenters. The molecule has 2 heteroatoms. The van der Waals surface area contributed by atoms with E-state index in [9.17, 15) is 4.79 Å². The maximum atomic E-state index is 11.9. The number of rotatable bonds is 2. The molecule has 0 aromatic rings. The molecule has 102 valence electrons. The minimum absolute atomic E-state index is 0.208. The number of hydrogen-bond donors (Lipinski definition) is 0. The van der Waals surface area contributed by atoms with Crippen molar-refractivity contribution < 1.29 is 9.53 Å². The molecule has 18 heavy (non-hydrogen) atoms. The van der Waals surface area contributed by atoms with Crippen LogP contribution in [-0.4, -0.2) is 11.6 Å². The third kappa shape index (κ3) is 2.62. The molecule has 2 saturated carbocycles. The zero-order chi connectivity index (χ0) is 13.6. The first-order chi connectivity index (χ1) is 8.24. The quantitative estimate of drug-likeness (QED) is 0.545. The fourth-order valence-electron chi connectivity index (χ4n) is 4.73. The lowest BCUT2D eigenvalue weighted by Crippen LogP contribution is -2.51. The zero-order valence-corrected chi connectivity index (χ0v) is 12.2. The zero-order valence-electron chi connectivity index (χ0n) is 12.2. The first-order valence-corrected chi connectivity index (χ1v) is 7.12. The Balaban J connectivity index is 2.22. The number of carbonyl (C=O) groups is 1. The van der Waals surface area contributed by atoms with E-state index in [-0.39, 0.29) is 11.6 Å². The summed E-state index contributed by atoms with van der Waals surface area (Å²) in [5.74, 6) is 1.09. The highest BCUT2D eigenvalue weighted by Gasteiger charge is 2.52. The van der Waals surface area contributed by atoms with Gasteiger partial charge in [0.2, 0.25) is 0 Å². The smallest absolute Gasteiger partial charge is 0.333 e. The number of hydrogen-bond acceptors (Lipinski definition) is 2. The lowest BCUT2D eigenvalue weighted by molar-refractivity contribution is -0.178. The minimum atomic E-state index is -0.222. The van der Waals surface area contributed by atoms with Gasteiger partial charge < -0.3 is 4.74 Å². The Morgan fingerprint density at radius 1 is 1.17 bits per heavy atom. The van der Waals surface area contributed by atoms with Crippen molar-refractivity contribution in [2.45, 2.75) is 65.4 Å². The Morgan fingerprint density at radius 3 is 2.11 bits per heavy atom. The summed E-state index contributed by atoms with van der Waals surface area (Å²) < 4.78 is 5.88. The van der Waals surface area contributed by atoms with E-state index in [1.165, 1.54) is 12.8 Å². The van der Waals surface area contributed by atoms with Crippen LogP contribution >= 0.6 is 0 Å². The fraction of sp³-hybridized carbons (Fsp3) is 0.812. The Labute approximate surface area is 111 Å². The summed E-state index contributed by atoms with van der Waals surface area (Å²) in [5, 5.41) is 0. The van der Waals surface area contributed by atoms with Crippen molar-refractivity contribution in [1.29, 1.82) is 0 Å². The van der Waals surface area contributed by atoms with Gasteiger partial charge in [-0.1, -0.05) is 27.4 Å². The van der Waals surface area contributed by atoms with Crippen molar-refractivity contribution in [2.24, 2.45) is 17.3 Å². The highest BCUT2D eigenvalue weighted by Crippen LogP contribution is 2.55. The predicted molar refractivity (Wildman–Crippen MR) is 73.2 cm³/mol.